The fourth-order valence-electron chi connectivity index (χ4n) is 0.100. The lowest BCUT2D eigenvalue weighted by molar-refractivity contribution is -0.550. The van der Waals surface area contributed by atoms with Gasteiger partial charge in [-0.15, -0.1) is 0 Å². The van der Waals surface area contributed by atoms with Crippen molar-refractivity contribution in [1.82, 2.24) is 0 Å². The Morgan fingerprint density at radius 1 is 1.40 bits per heavy atom. The molecule has 0 aliphatic carbocycles. The first-order valence-corrected chi connectivity index (χ1v) is 3.90. The highest BCUT2D eigenvalue weighted by molar-refractivity contribution is 7.50. The summed E-state index contributed by atoms with van der Waals surface area (Å²) in [6.45, 7) is 1.52. The Balaban J connectivity index is 4.75. The van der Waals surface area contributed by atoms with E-state index in [0.29, 0.717) is 0 Å². The van der Waals surface area contributed by atoms with Crippen molar-refractivity contribution in [2.45, 2.75) is 19.1 Å². The third-order valence-electron chi connectivity index (χ3n) is 1.12. The SMILES string of the molecule is CC(C)([N+](=O)[O-])P(=O)([O-])[O-]. The Kier molecular flexibility index (Phi) is 2.20. The fraction of sp³-hybridized carbons (Fsp3) is 1.00. The van der Waals surface area contributed by atoms with E-state index in [1.54, 1.807) is 0 Å². The molecule has 0 saturated carbocycles. The molecule has 10 heavy (non-hydrogen) atoms. The van der Waals surface area contributed by atoms with Gasteiger partial charge in [-0.2, -0.15) is 0 Å². The second-order valence-corrected chi connectivity index (χ2v) is 4.34. The quantitative estimate of drug-likeness (QED) is 0.295. The maximum absolute atomic E-state index is 10.1. The summed E-state index contributed by atoms with van der Waals surface area (Å²) >= 11 is 0. The molecule has 0 amide bonds. The van der Waals surface area contributed by atoms with Gasteiger partial charge in [0, 0.05) is 26.4 Å². The molecule has 0 spiro atoms. The second kappa shape index (κ2) is 2.30. The van der Waals surface area contributed by atoms with Crippen LogP contribution in [-0.4, -0.2) is 10.2 Å². The van der Waals surface area contributed by atoms with Crippen LogP contribution in [0, 0.1) is 10.1 Å². The molecule has 0 unspecified atom stereocenters. The highest BCUT2D eigenvalue weighted by atomic mass is 31.2. The Bertz CT molecular complexity index is 193. The number of rotatable bonds is 2. The molecule has 0 aliphatic rings. The molecule has 0 aromatic carbocycles. The van der Waals surface area contributed by atoms with E-state index < -0.39 is 17.8 Å². The number of hydrogen-bond acceptors (Lipinski definition) is 5. The molecule has 0 aromatic heterocycles. The van der Waals surface area contributed by atoms with Gasteiger partial charge in [-0.25, -0.2) is 0 Å². The van der Waals surface area contributed by atoms with Crippen molar-refractivity contribution >= 4 is 7.60 Å². The summed E-state index contributed by atoms with van der Waals surface area (Å²) in [5, 5.41) is 7.51. The monoisotopic (exact) mass is 167 g/mol. The molecule has 0 bridgehead atoms. The maximum Gasteiger partial charge on any atom is 0.239 e. The van der Waals surface area contributed by atoms with E-state index in [2.05, 4.69) is 0 Å². The van der Waals surface area contributed by atoms with Crippen LogP contribution in [-0.2, 0) is 4.57 Å². The minimum Gasteiger partial charge on any atom is -0.806 e. The van der Waals surface area contributed by atoms with Crippen LogP contribution in [0.2, 0.25) is 0 Å². The van der Waals surface area contributed by atoms with Gasteiger partial charge < -0.3 is 14.4 Å². The number of nitrogens with zero attached hydrogens (tertiary/aromatic N) is 1. The third kappa shape index (κ3) is 1.53. The Labute approximate surface area is 57.2 Å². The van der Waals surface area contributed by atoms with Crippen LogP contribution in [0.1, 0.15) is 13.8 Å². The normalized spacial score (nSPS) is 13.2. The summed E-state index contributed by atoms with van der Waals surface area (Å²) < 4.78 is 10.1. The van der Waals surface area contributed by atoms with Gasteiger partial charge in [-0.3, -0.25) is 10.1 Å². The predicted octanol–water partition coefficient (Wildman–Crippen LogP) is -1.09. The molecular formula is C3H6NO5P-2. The lowest BCUT2D eigenvalue weighted by Gasteiger charge is -2.37. The first kappa shape index (κ1) is 9.55. The average Bonchev–Trinajstić information content (AvgIpc) is 1.62. The van der Waals surface area contributed by atoms with E-state index in [1.165, 1.54) is 0 Å². The zero-order valence-electron chi connectivity index (χ0n) is 5.44. The summed E-state index contributed by atoms with van der Waals surface area (Å²) in [5.74, 6) is 0. The van der Waals surface area contributed by atoms with Gasteiger partial charge in [0.25, 0.3) is 0 Å². The number of hydrogen-bond donors (Lipinski definition) is 0. The van der Waals surface area contributed by atoms with Crippen LogP contribution in [0.15, 0.2) is 0 Å². The Hall–Kier alpha value is -0.450. The van der Waals surface area contributed by atoms with Crippen LogP contribution in [0.5, 0.6) is 0 Å². The van der Waals surface area contributed by atoms with Crippen molar-refractivity contribution in [1.29, 1.82) is 0 Å². The summed E-state index contributed by atoms with van der Waals surface area (Å²) in [7, 11) is -5.12. The highest BCUT2D eigenvalue weighted by Gasteiger charge is 2.34. The maximum atomic E-state index is 10.1. The first-order chi connectivity index (χ1) is 4.19. The molecule has 0 aromatic rings. The van der Waals surface area contributed by atoms with Crippen molar-refractivity contribution in [2.75, 3.05) is 0 Å². The second-order valence-electron chi connectivity index (χ2n) is 2.25. The van der Waals surface area contributed by atoms with Gasteiger partial charge in [0.15, 0.2) is 0 Å². The van der Waals surface area contributed by atoms with Crippen LogP contribution < -0.4 is 9.79 Å². The molecular weight excluding hydrogens is 161 g/mol. The summed E-state index contributed by atoms with van der Waals surface area (Å²) in [6, 6.07) is 0. The molecule has 0 N–H and O–H groups in total. The molecule has 0 rings (SSSR count). The minimum atomic E-state index is -5.12. The minimum absolute atomic E-state index is 0.758. The van der Waals surface area contributed by atoms with E-state index in [-0.39, 0.29) is 0 Å². The molecule has 0 radical (unpaired) electrons. The lowest BCUT2D eigenvalue weighted by Crippen LogP contribution is -2.40. The van der Waals surface area contributed by atoms with Crippen molar-refractivity contribution < 1.29 is 19.3 Å². The van der Waals surface area contributed by atoms with Gasteiger partial charge in [-0.05, 0) is 0 Å². The van der Waals surface area contributed by atoms with Crippen LogP contribution in [0.25, 0.3) is 0 Å². The first-order valence-electron chi connectivity index (χ1n) is 2.36. The van der Waals surface area contributed by atoms with Gasteiger partial charge in [0.2, 0.25) is 5.28 Å². The van der Waals surface area contributed by atoms with E-state index >= 15 is 0 Å². The number of nitro groups is 1. The standard InChI is InChI=1S/C3H8NO5P/c1-3(2,4(5)6)10(7,8)9/h1-2H3,(H2,7,8,9)/p-2. The molecule has 0 saturated heterocycles. The van der Waals surface area contributed by atoms with Gasteiger partial charge in [-0.1, -0.05) is 0 Å². The predicted molar refractivity (Wildman–Crippen MR) is 28.7 cm³/mol. The molecule has 7 heteroatoms. The van der Waals surface area contributed by atoms with E-state index in [1.807, 2.05) is 0 Å². The van der Waals surface area contributed by atoms with Crippen molar-refractivity contribution in [3.63, 3.8) is 0 Å². The summed E-state index contributed by atoms with van der Waals surface area (Å²) in [4.78, 5) is 29.0. The molecule has 0 fully saturated rings. The molecule has 0 atom stereocenters. The molecule has 6 nitrogen and oxygen atoms in total. The lowest BCUT2D eigenvalue weighted by atomic mass is 10.4. The smallest absolute Gasteiger partial charge is 0.239 e. The molecule has 0 aliphatic heterocycles. The van der Waals surface area contributed by atoms with Crippen molar-refractivity contribution in [3.05, 3.63) is 10.1 Å². The van der Waals surface area contributed by atoms with Gasteiger partial charge in [0.05, 0.1) is 0 Å². The fourth-order valence-corrected chi connectivity index (χ4v) is 0.300. The van der Waals surface area contributed by atoms with Gasteiger partial charge >= 0.3 is 0 Å². The summed E-state index contributed by atoms with van der Waals surface area (Å²) in [6.07, 6.45) is 0. The van der Waals surface area contributed by atoms with Crippen LogP contribution in [0.3, 0.4) is 0 Å². The Morgan fingerprint density at radius 2 is 1.70 bits per heavy atom. The zero-order chi connectivity index (χ0) is 8.58. The van der Waals surface area contributed by atoms with Crippen molar-refractivity contribution in [2.24, 2.45) is 0 Å². The van der Waals surface area contributed by atoms with E-state index in [9.17, 15) is 24.5 Å². The van der Waals surface area contributed by atoms with Gasteiger partial charge in [0.1, 0.15) is 0 Å². The average molecular weight is 167 g/mol. The zero-order valence-corrected chi connectivity index (χ0v) is 6.33. The highest BCUT2D eigenvalue weighted by Crippen LogP contribution is 2.41. The van der Waals surface area contributed by atoms with E-state index in [4.69, 9.17) is 0 Å². The Morgan fingerprint density at radius 3 is 1.70 bits per heavy atom. The topological polar surface area (TPSA) is 106 Å². The van der Waals surface area contributed by atoms with Crippen molar-refractivity contribution in [3.8, 4) is 0 Å². The third-order valence-corrected chi connectivity index (χ3v) is 2.62. The molecule has 60 valence electrons. The summed E-state index contributed by atoms with van der Waals surface area (Å²) in [5.41, 5.74) is 0. The molecule has 0 heterocycles. The van der Waals surface area contributed by atoms with Crippen LogP contribution in [0.4, 0.5) is 0 Å². The largest absolute Gasteiger partial charge is 0.806 e. The van der Waals surface area contributed by atoms with E-state index in [0.717, 1.165) is 13.8 Å². The van der Waals surface area contributed by atoms with Crippen LogP contribution >= 0.6 is 7.60 Å².